The highest BCUT2D eigenvalue weighted by atomic mass is 16.2. The molecule has 1 saturated heterocycles. The van der Waals surface area contributed by atoms with Gasteiger partial charge in [0, 0.05) is 6.04 Å². The lowest BCUT2D eigenvalue weighted by Crippen LogP contribution is -2.46. The molecule has 1 heterocycles. The van der Waals surface area contributed by atoms with Gasteiger partial charge in [0.15, 0.2) is 0 Å². The zero-order valence-electron chi connectivity index (χ0n) is 15.8. The van der Waals surface area contributed by atoms with Crippen LogP contribution in [0.15, 0.2) is 0 Å². The summed E-state index contributed by atoms with van der Waals surface area (Å²) in [6, 6.07) is -0.466. The molecule has 0 aromatic heterocycles. The number of unbranched alkanes of at least 4 members (excludes halogenated alkanes) is 4. The van der Waals surface area contributed by atoms with E-state index in [1.165, 1.54) is 12.8 Å². The van der Waals surface area contributed by atoms with Gasteiger partial charge in [-0.2, -0.15) is 0 Å². The quantitative estimate of drug-likeness (QED) is 0.474. The molecule has 0 aromatic rings. The van der Waals surface area contributed by atoms with E-state index >= 15 is 0 Å². The van der Waals surface area contributed by atoms with E-state index in [0.29, 0.717) is 12.3 Å². The first-order valence-corrected chi connectivity index (χ1v) is 9.14. The Morgan fingerprint density at radius 3 is 2.38 bits per heavy atom. The minimum absolute atomic E-state index is 0.00298. The molecule has 4 amide bonds. The second-order valence-electron chi connectivity index (χ2n) is 7.42. The van der Waals surface area contributed by atoms with Crippen molar-refractivity contribution in [3.63, 3.8) is 0 Å². The number of nitrogens with zero attached hydrogens (tertiary/aromatic N) is 1. The largest absolute Gasteiger partial charge is 0.352 e. The van der Waals surface area contributed by atoms with Crippen molar-refractivity contribution < 1.29 is 14.4 Å². The maximum atomic E-state index is 12.6. The Bertz CT molecular complexity index is 464. The predicted molar refractivity (Wildman–Crippen MR) is 94.5 cm³/mol. The van der Waals surface area contributed by atoms with Crippen molar-refractivity contribution in [2.75, 3.05) is 6.54 Å². The lowest BCUT2D eigenvalue weighted by molar-refractivity contribution is -0.135. The maximum Gasteiger partial charge on any atom is 0.325 e. The van der Waals surface area contributed by atoms with E-state index in [4.69, 9.17) is 0 Å². The lowest BCUT2D eigenvalue weighted by Gasteiger charge is -2.22. The average molecular weight is 339 g/mol. The topological polar surface area (TPSA) is 78.5 Å². The number of hydrogen-bond acceptors (Lipinski definition) is 3. The van der Waals surface area contributed by atoms with Crippen LogP contribution in [-0.4, -0.2) is 40.9 Å². The summed E-state index contributed by atoms with van der Waals surface area (Å²) in [5.41, 5.74) is -0.882. The van der Waals surface area contributed by atoms with Crippen LogP contribution in [-0.2, 0) is 9.59 Å². The first-order chi connectivity index (χ1) is 11.2. The molecule has 24 heavy (non-hydrogen) atoms. The Labute approximate surface area is 145 Å². The van der Waals surface area contributed by atoms with Crippen LogP contribution >= 0.6 is 0 Å². The van der Waals surface area contributed by atoms with E-state index in [-0.39, 0.29) is 24.4 Å². The first-order valence-electron chi connectivity index (χ1n) is 9.14. The predicted octanol–water partition coefficient (Wildman–Crippen LogP) is 2.82. The van der Waals surface area contributed by atoms with E-state index in [2.05, 4.69) is 17.6 Å². The van der Waals surface area contributed by atoms with E-state index in [0.717, 1.165) is 24.2 Å². The fourth-order valence-electron chi connectivity index (χ4n) is 2.75. The van der Waals surface area contributed by atoms with Gasteiger partial charge >= 0.3 is 6.03 Å². The van der Waals surface area contributed by atoms with E-state index in [9.17, 15) is 14.4 Å². The van der Waals surface area contributed by atoms with Gasteiger partial charge in [0.25, 0.3) is 5.91 Å². The number of rotatable bonds is 10. The minimum atomic E-state index is -0.882. The van der Waals surface area contributed by atoms with Gasteiger partial charge in [0.05, 0.1) is 0 Å². The average Bonchev–Trinajstić information content (AvgIpc) is 2.70. The van der Waals surface area contributed by atoms with Crippen LogP contribution in [0.4, 0.5) is 4.79 Å². The van der Waals surface area contributed by atoms with Gasteiger partial charge < -0.3 is 10.6 Å². The van der Waals surface area contributed by atoms with Gasteiger partial charge in [-0.15, -0.1) is 0 Å². The van der Waals surface area contributed by atoms with Crippen LogP contribution in [0.2, 0.25) is 0 Å². The highest BCUT2D eigenvalue weighted by Gasteiger charge is 2.47. The van der Waals surface area contributed by atoms with E-state index in [1.807, 2.05) is 20.8 Å². The Balaban J connectivity index is 2.54. The molecule has 0 radical (unpaired) electrons. The number of carbonyl (C=O) groups is 3. The molecule has 0 unspecified atom stereocenters. The number of carbonyl (C=O) groups excluding carboxylic acids is 3. The third kappa shape index (κ3) is 5.49. The molecule has 1 rings (SSSR count). The van der Waals surface area contributed by atoms with Crippen molar-refractivity contribution in [1.29, 1.82) is 0 Å². The van der Waals surface area contributed by atoms with Crippen LogP contribution in [0.1, 0.15) is 73.1 Å². The molecule has 1 aliphatic heterocycles. The molecule has 0 aliphatic carbocycles. The SMILES string of the molecule is CCCCCCC[C@]1(C)NC(=O)N(CC(=O)N[C@@H](C)C(C)C)C1=O. The van der Waals surface area contributed by atoms with E-state index < -0.39 is 11.6 Å². The second kappa shape index (κ2) is 9.04. The Morgan fingerprint density at radius 2 is 1.79 bits per heavy atom. The van der Waals surface area contributed by atoms with E-state index in [1.54, 1.807) is 6.92 Å². The number of hydrogen-bond donors (Lipinski definition) is 2. The molecule has 0 saturated carbocycles. The van der Waals surface area contributed by atoms with Crippen molar-refractivity contribution in [3.8, 4) is 0 Å². The zero-order valence-corrected chi connectivity index (χ0v) is 15.8. The Kier molecular flexibility index (Phi) is 7.70. The van der Waals surface area contributed by atoms with Gasteiger partial charge in [0.2, 0.25) is 5.91 Å². The summed E-state index contributed by atoms with van der Waals surface area (Å²) in [5, 5.41) is 5.59. The highest BCUT2D eigenvalue weighted by molar-refractivity contribution is 6.08. The van der Waals surface area contributed by atoms with Crippen molar-refractivity contribution in [2.45, 2.75) is 84.7 Å². The summed E-state index contributed by atoms with van der Waals surface area (Å²) in [7, 11) is 0. The van der Waals surface area contributed by atoms with Gasteiger partial charge in [0.1, 0.15) is 12.1 Å². The smallest absolute Gasteiger partial charge is 0.325 e. The van der Waals surface area contributed by atoms with Crippen molar-refractivity contribution in [2.24, 2.45) is 5.92 Å². The van der Waals surface area contributed by atoms with Crippen LogP contribution in [0, 0.1) is 5.92 Å². The molecule has 2 N–H and O–H groups in total. The maximum absolute atomic E-state index is 12.6. The van der Waals surface area contributed by atoms with Gasteiger partial charge in [-0.05, 0) is 26.2 Å². The van der Waals surface area contributed by atoms with Crippen LogP contribution in [0.3, 0.4) is 0 Å². The number of nitrogens with one attached hydrogen (secondary N) is 2. The standard InChI is InChI=1S/C18H33N3O3/c1-6-7-8-9-10-11-18(5)16(23)21(17(24)20-18)12-15(22)19-14(4)13(2)3/h13-14H,6-12H2,1-5H3,(H,19,22)(H,20,24)/t14-,18-/m0/s1. The molecular formula is C18H33N3O3. The molecule has 138 valence electrons. The van der Waals surface area contributed by atoms with Gasteiger partial charge in [-0.25, -0.2) is 4.79 Å². The van der Waals surface area contributed by atoms with Crippen LogP contribution in [0.25, 0.3) is 0 Å². The fraction of sp³-hybridized carbons (Fsp3) is 0.833. The molecular weight excluding hydrogens is 306 g/mol. The monoisotopic (exact) mass is 339 g/mol. The van der Waals surface area contributed by atoms with Gasteiger partial charge in [-0.3, -0.25) is 14.5 Å². The third-order valence-electron chi connectivity index (χ3n) is 4.82. The number of urea groups is 1. The molecule has 6 nitrogen and oxygen atoms in total. The second-order valence-corrected chi connectivity index (χ2v) is 7.42. The molecule has 6 heteroatoms. The summed E-state index contributed by atoms with van der Waals surface area (Å²) in [6.45, 7) is 9.62. The van der Waals surface area contributed by atoms with Crippen LogP contribution < -0.4 is 10.6 Å². The normalized spacial score (nSPS) is 22.0. The Hall–Kier alpha value is -1.59. The number of imide groups is 1. The molecule has 2 atom stereocenters. The molecule has 1 fully saturated rings. The first kappa shape index (κ1) is 20.5. The minimum Gasteiger partial charge on any atom is -0.352 e. The van der Waals surface area contributed by atoms with Crippen LogP contribution in [0.5, 0.6) is 0 Å². The fourth-order valence-corrected chi connectivity index (χ4v) is 2.75. The van der Waals surface area contributed by atoms with Gasteiger partial charge in [-0.1, -0.05) is 52.9 Å². The summed E-state index contributed by atoms with van der Waals surface area (Å²) in [6.07, 6.45) is 6.07. The summed E-state index contributed by atoms with van der Waals surface area (Å²) < 4.78 is 0. The van der Waals surface area contributed by atoms with Crippen molar-refractivity contribution >= 4 is 17.8 Å². The molecule has 0 bridgehead atoms. The summed E-state index contributed by atoms with van der Waals surface area (Å²) in [4.78, 5) is 37.8. The molecule has 0 spiro atoms. The lowest BCUT2D eigenvalue weighted by atomic mass is 9.94. The molecule has 0 aromatic carbocycles. The van der Waals surface area contributed by atoms with Crippen molar-refractivity contribution in [1.82, 2.24) is 15.5 Å². The van der Waals surface area contributed by atoms with Crippen molar-refractivity contribution in [3.05, 3.63) is 0 Å². The number of amides is 4. The summed E-state index contributed by atoms with van der Waals surface area (Å²) >= 11 is 0. The zero-order chi connectivity index (χ0) is 18.3. The Morgan fingerprint density at radius 1 is 1.17 bits per heavy atom. The summed E-state index contributed by atoms with van der Waals surface area (Å²) in [5.74, 6) is -0.298. The molecule has 1 aliphatic rings. The third-order valence-corrected chi connectivity index (χ3v) is 4.82. The highest BCUT2D eigenvalue weighted by Crippen LogP contribution is 2.24.